The monoisotopic (exact) mass is 404 g/mol. The van der Waals surface area contributed by atoms with E-state index in [0.717, 1.165) is 13.1 Å². The zero-order valence-corrected chi connectivity index (χ0v) is 17.1. The van der Waals surface area contributed by atoms with Gasteiger partial charge in [0, 0.05) is 45.0 Å². The lowest BCUT2D eigenvalue weighted by Gasteiger charge is -2.36. The van der Waals surface area contributed by atoms with Crippen molar-refractivity contribution in [3.63, 3.8) is 0 Å². The van der Waals surface area contributed by atoms with Gasteiger partial charge in [-0.25, -0.2) is 9.97 Å². The van der Waals surface area contributed by atoms with Gasteiger partial charge in [0.2, 0.25) is 5.91 Å². The second kappa shape index (κ2) is 8.36. The van der Waals surface area contributed by atoms with Gasteiger partial charge < -0.3 is 15.1 Å². The van der Waals surface area contributed by atoms with E-state index in [-0.39, 0.29) is 11.8 Å². The van der Waals surface area contributed by atoms with Gasteiger partial charge in [-0.05, 0) is 36.8 Å². The Morgan fingerprint density at radius 3 is 2.50 bits per heavy atom. The Kier molecular flexibility index (Phi) is 5.47. The van der Waals surface area contributed by atoms with Gasteiger partial charge in [0.05, 0.1) is 11.9 Å². The van der Waals surface area contributed by atoms with Crippen molar-refractivity contribution >= 4 is 23.2 Å². The van der Waals surface area contributed by atoms with E-state index in [9.17, 15) is 9.59 Å². The number of rotatable bonds is 4. The molecule has 8 heteroatoms. The van der Waals surface area contributed by atoms with Crippen LogP contribution in [0.4, 0.5) is 11.4 Å². The SMILES string of the molecule is CC(=O)Nc1ccc(-n2cnc(C(=O)N3CCN(c4cccc(C)c4)CC3)c2)nc1. The number of carbonyl (C=O) groups excluding carboxylic acids is 2. The molecule has 154 valence electrons. The first-order valence-corrected chi connectivity index (χ1v) is 9.88. The topological polar surface area (TPSA) is 83.4 Å². The van der Waals surface area contributed by atoms with Gasteiger partial charge in [-0.3, -0.25) is 14.2 Å². The summed E-state index contributed by atoms with van der Waals surface area (Å²) in [5.41, 5.74) is 3.44. The third-order valence-electron chi connectivity index (χ3n) is 5.07. The molecule has 3 aromatic rings. The molecule has 0 spiro atoms. The maximum atomic E-state index is 12.9. The highest BCUT2D eigenvalue weighted by molar-refractivity contribution is 5.92. The highest BCUT2D eigenvalue weighted by Gasteiger charge is 2.24. The number of imidazole rings is 1. The van der Waals surface area contributed by atoms with Gasteiger partial charge in [-0.2, -0.15) is 0 Å². The minimum Gasteiger partial charge on any atom is -0.368 e. The highest BCUT2D eigenvalue weighted by atomic mass is 16.2. The largest absolute Gasteiger partial charge is 0.368 e. The van der Waals surface area contributed by atoms with Crippen molar-refractivity contribution in [3.8, 4) is 5.82 Å². The van der Waals surface area contributed by atoms with Crippen molar-refractivity contribution in [3.05, 3.63) is 66.4 Å². The molecule has 2 amide bonds. The molecule has 0 aliphatic carbocycles. The molecule has 0 atom stereocenters. The molecule has 30 heavy (non-hydrogen) atoms. The number of nitrogens with one attached hydrogen (secondary N) is 1. The molecule has 1 fully saturated rings. The number of piperazine rings is 1. The zero-order chi connectivity index (χ0) is 21.1. The molecule has 2 aromatic heterocycles. The fourth-order valence-electron chi connectivity index (χ4n) is 3.53. The Morgan fingerprint density at radius 2 is 1.83 bits per heavy atom. The summed E-state index contributed by atoms with van der Waals surface area (Å²) < 4.78 is 1.70. The quantitative estimate of drug-likeness (QED) is 0.722. The summed E-state index contributed by atoms with van der Waals surface area (Å²) in [7, 11) is 0. The van der Waals surface area contributed by atoms with Gasteiger partial charge in [-0.15, -0.1) is 0 Å². The molecule has 3 heterocycles. The van der Waals surface area contributed by atoms with Gasteiger partial charge in [0.15, 0.2) is 0 Å². The first-order chi connectivity index (χ1) is 14.5. The Labute approximate surface area is 175 Å². The first-order valence-electron chi connectivity index (χ1n) is 9.88. The summed E-state index contributed by atoms with van der Waals surface area (Å²) in [6.45, 7) is 6.43. The fourth-order valence-corrected chi connectivity index (χ4v) is 3.53. The molecule has 1 aliphatic heterocycles. The molecule has 1 aliphatic rings. The van der Waals surface area contributed by atoms with E-state index < -0.39 is 0 Å². The molecule has 4 rings (SSSR count). The molecule has 1 aromatic carbocycles. The number of hydrogen-bond acceptors (Lipinski definition) is 5. The predicted molar refractivity (Wildman–Crippen MR) is 115 cm³/mol. The van der Waals surface area contributed by atoms with Crippen LogP contribution in [0.5, 0.6) is 0 Å². The lowest BCUT2D eigenvalue weighted by molar-refractivity contribution is -0.114. The van der Waals surface area contributed by atoms with Gasteiger partial charge in [0.1, 0.15) is 17.8 Å². The van der Waals surface area contributed by atoms with Crippen LogP contribution in [0.2, 0.25) is 0 Å². The lowest BCUT2D eigenvalue weighted by atomic mass is 10.2. The minimum atomic E-state index is -0.150. The number of carbonyl (C=O) groups is 2. The standard InChI is InChI=1S/C22H24N6O2/c1-16-4-3-5-19(12-16)26-8-10-27(11-9-26)22(30)20-14-28(15-24-20)21-7-6-18(13-23-21)25-17(2)29/h3-7,12-15H,8-11H2,1-2H3,(H,25,29). The van der Waals surface area contributed by atoms with Crippen LogP contribution in [0.1, 0.15) is 23.0 Å². The van der Waals surface area contributed by atoms with Crippen molar-refractivity contribution in [2.75, 3.05) is 36.4 Å². The maximum absolute atomic E-state index is 12.9. The first kappa shape index (κ1) is 19.6. The van der Waals surface area contributed by atoms with E-state index >= 15 is 0 Å². The Morgan fingerprint density at radius 1 is 1.03 bits per heavy atom. The molecule has 8 nitrogen and oxygen atoms in total. The molecule has 1 saturated heterocycles. The summed E-state index contributed by atoms with van der Waals surface area (Å²) in [4.78, 5) is 36.7. The third kappa shape index (κ3) is 4.32. The van der Waals surface area contributed by atoms with Crippen LogP contribution in [-0.2, 0) is 4.79 Å². The van der Waals surface area contributed by atoms with Crippen molar-refractivity contribution in [2.24, 2.45) is 0 Å². The maximum Gasteiger partial charge on any atom is 0.274 e. The summed E-state index contributed by atoms with van der Waals surface area (Å²) in [5.74, 6) is 0.398. The number of anilines is 2. The van der Waals surface area contributed by atoms with Gasteiger partial charge >= 0.3 is 0 Å². The Hall–Kier alpha value is -3.68. The summed E-state index contributed by atoms with van der Waals surface area (Å²) in [5, 5.41) is 2.68. The second-order valence-corrected chi connectivity index (χ2v) is 7.37. The van der Waals surface area contributed by atoms with Crippen LogP contribution in [0.3, 0.4) is 0 Å². The van der Waals surface area contributed by atoms with E-state index in [1.54, 1.807) is 35.4 Å². The van der Waals surface area contributed by atoms with E-state index in [2.05, 4.69) is 51.4 Å². The molecule has 0 bridgehead atoms. The number of aryl methyl sites for hydroxylation is 1. The van der Waals surface area contributed by atoms with Crippen LogP contribution in [-0.4, -0.2) is 57.4 Å². The summed E-state index contributed by atoms with van der Waals surface area (Å²) in [6.07, 6.45) is 4.84. The van der Waals surface area contributed by atoms with Crippen molar-refractivity contribution < 1.29 is 9.59 Å². The molecule has 0 unspecified atom stereocenters. The van der Waals surface area contributed by atoms with Crippen LogP contribution >= 0.6 is 0 Å². The van der Waals surface area contributed by atoms with Gasteiger partial charge in [0.25, 0.3) is 5.91 Å². The number of hydrogen-bond donors (Lipinski definition) is 1. The van der Waals surface area contributed by atoms with Crippen LogP contribution in [0.15, 0.2) is 55.1 Å². The number of benzene rings is 1. The minimum absolute atomic E-state index is 0.0764. The van der Waals surface area contributed by atoms with Crippen molar-refractivity contribution in [2.45, 2.75) is 13.8 Å². The van der Waals surface area contributed by atoms with Crippen LogP contribution in [0.25, 0.3) is 5.82 Å². The van der Waals surface area contributed by atoms with E-state index in [1.807, 2.05) is 4.90 Å². The fraction of sp³-hybridized carbons (Fsp3) is 0.273. The summed E-state index contributed by atoms with van der Waals surface area (Å²) >= 11 is 0. The molecule has 0 saturated carbocycles. The average Bonchev–Trinajstić information content (AvgIpc) is 3.24. The smallest absolute Gasteiger partial charge is 0.274 e. The van der Waals surface area contributed by atoms with E-state index in [4.69, 9.17) is 0 Å². The zero-order valence-electron chi connectivity index (χ0n) is 17.1. The number of nitrogens with zero attached hydrogens (tertiary/aromatic N) is 5. The second-order valence-electron chi connectivity index (χ2n) is 7.37. The third-order valence-corrected chi connectivity index (χ3v) is 5.07. The Bertz CT molecular complexity index is 1050. The highest BCUT2D eigenvalue weighted by Crippen LogP contribution is 2.19. The summed E-state index contributed by atoms with van der Waals surface area (Å²) in [6, 6.07) is 11.9. The van der Waals surface area contributed by atoms with E-state index in [1.165, 1.54) is 18.2 Å². The predicted octanol–water partition coefficient (Wildman–Crippen LogP) is 2.50. The number of pyridine rings is 1. The average molecular weight is 404 g/mol. The lowest BCUT2D eigenvalue weighted by Crippen LogP contribution is -2.48. The van der Waals surface area contributed by atoms with Gasteiger partial charge in [-0.1, -0.05) is 12.1 Å². The molecular formula is C22H24N6O2. The van der Waals surface area contributed by atoms with Crippen molar-refractivity contribution in [1.82, 2.24) is 19.4 Å². The Balaban J connectivity index is 1.39. The number of aromatic nitrogens is 3. The van der Waals surface area contributed by atoms with Crippen molar-refractivity contribution in [1.29, 1.82) is 0 Å². The molecule has 1 N–H and O–H groups in total. The van der Waals surface area contributed by atoms with E-state index in [0.29, 0.717) is 30.3 Å². The molecule has 0 radical (unpaired) electrons. The molecular weight excluding hydrogens is 380 g/mol. The van der Waals surface area contributed by atoms with Crippen LogP contribution < -0.4 is 10.2 Å². The normalized spacial score (nSPS) is 13.9. The number of amides is 2. The van der Waals surface area contributed by atoms with Crippen LogP contribution in [0, 0.1) is 6.92 Å².